The number of carbonyl (C=O) groups excluding carboxylic acids is 1. The van der Waals surface area contributed by atoms with Crippen LogP contribution in [0.5, 0.6) is 5.75 Å². The zero-order chi connectivity index (χ0) is 9.14. The van der Waals surface area contributed by atoms with Crippen molar-refractivity contribution in [2.45, 2.75) is 6.42 Å². The normalized spacial score (nSPS) is 9.83. The quantitative estimate of drug-likeness (QED) is 0.802. The summed E-state index contributed by atoms with van der Waals surface area (Å²) in [6.07, 6.45) is 1.83. The van der Waals surface area contributed by atoms with Gasteiger partial charge in [-0.2, -0.15) is 0 Å². The lowest BCUT2D eigenvalue weighted by Crippen LogP contribution is -1.85. The van der Waals surface area contributed by atoms with E-state index in [0.717, 1.165) is 0 Å². The Bertz CT molecular complexity index is 287. The first kappa shape index (κ1) is 9.36. The van der Waals surface area contributed by atoms with E-state index in [9.17, 15) is 4.79 Å². The van der Waals surface area contributed by atoms with Crippen molar-refractivity contribution in [1.29, 1.82) is 0 Å². The molecule has 1 rings (SSSR count). The number of hydrogen-bond acceptors (Lipinski definition) is 2. The molecule has 2 nitrogen and oxygen atoms in total. The van der Waals surface area contributed by atoms with Crippen LogP contribution in [-0.2, 0) is 11.2 Å². The molecule has 0 amide bonds. The number of aromatic hydroxyl groups is 1. The summed E-state index contributed by atoms with van der Waals surface area (Å²) in [7, 11) is 0. The maximum Gasteiger partial charge on any atom is 0.203 e. The summed E-state index contributed by atoms with van der Waals surface area (Å²) >= 11 is 11.2. The van der Waals surface area contributed by atoms with Gasteiger partial charge in [-0.05, 0) is 17.7 Å². The number of hydrogen-bond donors (Lipinski definition) is 1. The molecule has 0 spiro atoms. The summed E-state index contributed by atoms with van der Waals surface area (Å²) in [5, 5.41) is 9.43. The van der Waals surface area contributed by atoms with Gasteiger partial charge in [0.15, 0.2) is 5.75 Å². The molecule has 1 aromatic carbocycles. The second-order valence-corrected chi connectivity index (χ2v) is 3.04. The van der Waals surface area contributed by atoms with E-state index in [1.807, 2.05) is 0 Å². The van der Waals surface area contributed by atoms with Gasteiger partial charge in [-0.1, -0.05) is 23.2 Å². The third kappa shape index (κ3) is 1.90. The topological polar surface area (TPSA) is 37.3 Å². The van der Waals surface area contributed by atoms with Gasteiger partial charge in [-0.15, -0.1) is 0 Å². The Kier molecular flexibility index (Phi) is 2.95. The van der Waals surface area contributed by atoms with Gasteiger partial charge in [-0.3, -0.25) is 4.79 Å². The van der Waals surface area contributed by atoms with Crippen LogP contribution in [0.4, 0.5) is 0 Å². The first-order valence-corrected chi connectivity index (χ1v) is 3.92. The van der Waals surface area contributed by atoms with Gasteiger partial charge in [-0.25, -0.2) is 0 Å². The molecule has 0 saturated heterocycles. The molecule has 4 heteroatoms. The molecule has 0 unspecified atom stereocenters. The number of halogens is 2. The molecule has 0 atom stereocenters. The lowest BCUT2D eigenvalue weighted by Gasteiger charge is -2.01. The van der Waals surface area contributed by atoms with E-state index in [1.54, 1.807) is 6.29 Å². The lowest BCUT2D eigenvalue weighted by atomic mass is 10.1. The number of phenolic OH excluding ortho intramolecular Hbond substituents is 1. The zero-order valence-electron chi connectivity index (χ0n) is 5.97. The third-order valence-corrected chi connectivity index (χ3v) is 1.93. The predicted molar refractivity (Wildman–Crippen MR) is 47.5 cm³/mol. The molecule has 0 aliphatic carbocycles. The minimum atomic E-state index is -0.159. The fourth-order valence-corrected chi connectivity index (χ4v) is 1.34. The van der Waals surface area contributed by atoms with E-state index in [1.165, 1.54) is 12.1 Å². The van der Waals surface area contributed by atoms with E-state index in [4.69, 9.17) is 28.3 Å². The average molecular weight is 204 g/mol. The fraction of sp³-hybridized carbons (Fsp3) is 0.125. The Morgan fingerprint density at radius 2 is 1.83 bits per heavy atom. The van der Waals surface area contributed by atoms with Crippen molar-refractivity contribution in [2.24, 2.45) is 0 Å². The molecular formula is C8H5Cl2O2. The largest absolute Gasteiger partial charge is 0.505 e. The maximum absolute atomic E-state index is 10.0. The Morgan fingerprint density at radius 1 is 1.33 bits per heavy atom. The monoisotopic (exact) mass is 203 g/mol. The average Bonchev–Trinajstić information content (AvgIpc) is 2.01. The third-order valence-electron chi connectivity index (χ3n) is 1.35. The van der Waals surface area contributed by atoms with Crippen molar-refractivity contribution in [2.75, 3.05) is 0 Å². The summed E-state index contributed by atoms with van der Waals surface area (Å²) in [6, 6.07) is 2.96. The molecule has 0 fully saturated rings. The predicted octanol–water partition coefficient (Wildman–Crippen LogP) is 2.35. The molecule has 1 N–H and O–H groups in total. The van der Waals surface area contributed by atoms with Gasteiger partial charge in [0, 0.05) is 6.42 Å². The van der Waals surface area contributed by atoms with E-state index in [2.05, 4.69) is 0 Å². The summed E-state index contributed by atoms with van der Waals surface area (Å²) in [5.41, 5.74) is 0.637. The molecule has 0 aliphatic heterocycles. The minimum absolute atomic E-state index is 0.125. The smallest absolute Gasteiger partial charge is 0.203 e. The Hall–Kier alpha value is -0.730. The Labute approximate surface area is 79.7 Å². The summed E-state index contributed by atoms with van der Waals surface area (Å²) < 4.78 is 0. The van der Waals surface area contributed by atoms with E-state index < -0.39 is 0 Å². The number of rotatable bonds is 2. The van der Waals surface area contributed by atoms with E-state index >= 15 is 0 Å². The first-order valence-electron chi connectivity index (χ1n) is 3.17. The highest BCUT2D eigenvalue weighted by atomic mass is 35.5. The van der Waals surface area contributed by atoms with Crippen molar-refractivity contribution in [1.82, 2.24) is 0 Å². The van der Waals surface area contributed by atoms with Crippen molar-refractivity contribution < 1.29 is 9.90 Å². The van der Waals surface area contributed by atoms with Crippen LogP contribution in [0.2, 0.25) is 10.0 Å². The molecule has 0 heterocycles. The van der Waals surface area contributed by atoms with Gasteiger partial charge >= 0.3 is 0 Å². The van der Waals surface area contributed by atoms with Crippen molar-refractivity contribution in [3.8, 4) is 5.75 Å². The molecule has 0 saturated carbocycles. The van der Waals surface area contributed by atoms with Crippen molar-refractivity contribution in [3.63, 3.8) is 0 Å². The van der Waals surface area contributed by atoms with Crippen LogP contribution < -0.4 is 0 Å². The minimum Gasteiger partial charge on any atom is -0.505 e. The summed E-state index contributed by atoms with van der Waals surface area (Å²) in [5.74, 6) is -0.159. The molecule has 0 aliphatic rings. The molecule has 1 aromatic rings. The Morgan fingerprint density at radius 3 is 2.25 bits per heavy atom. The van der Waals surface area contributed by atoms with Crippen molar-refractivity contribution >= 4 is 29.5 Å². The molecular weight excluding hydrogens is 199 g/mol. The van der Waals surface area contributed by atoms with Gasteiger partial charge in [0.05, 0.1) is 10.0 Å². The highest BCUT2D eigenvalue weighted by Crippen LogP contribution is 2.32. The van der Waals surface area contributed by atoms with E-state index in [0.29, 0.717) is 5.56 Å². The van der Waals surface area contributed by atoms with Crippen LogP contribution in [0.1, 0.15) is 5.56 Å². The molecule has 1 radical (unpaired) electrons. The Balaban J connectivity index is 3.11. The van der Waals surface area contributed by atoms with Gasteiger partial charge in [0.1, 0.15) is 0 Å². The van der Waals surface area contributed by atoms with E-state index in [-0.39, 0.29) is 22.2 Å². The maximum atomic E-state index is 10.0. The number of benzene rings is 1. The first-order chi connectivity index (χ1) is 5.65. The van der Waals surface area contributed by atoms with Crippen LogP contribution in [0.3, 0.4) is 0 Å². The SMILES string of the molecule is O=[C]Cc1cc(Cl)c(O)c(Cl)c1. The summed E-state index contributed by atoms with van der Waals surface area (Å²) in [4.78, 5) is 10.0. The summed E-state index contributed by atoms with van der Waals surface area (Å²) in [6.45, 7) is 0. The molecule has 12 heavy (non-hydrogen) atoms. The lowest BCUT2D eigenvalue weighted by molar-refractivity contribution is 0.475. The number of phenols is 1. The van der Waals surface area contributed by atoms with Crippen LogP contribution in [0, 0.1) is 0 Å². The van der Waals surface area contributed by atoms with Crippen LogP contribution in [0.25, 0.3) is 0 Å². The molecule has 0 aromatic heterocycles. The zero-order valence-corrected chi connectivity index (χ0v) is 7.49. The highest BCUT2D eigenvalue weighted by molar-refractivity contribution is 6.37. The van der Waals surface area contributed by atoms with Crippen LogP contribution in [0.15, 0.2) is 12.1 Å². The molecule has 63 valence electrons. The van der Waals surface area contributed by atoms with Gasteiger partial charge < -0.3 is 5.11 Å². The second kappa shape index (κ2) is 3.78. The van der Waals surface area contributed by atoms with Gasteiger partial charge in [0.25, 0.3) is 0 Å². The molecule has 0 bridgehead atoms. The standard InChI is InChI=1S/C8H5Cl2O2/c9-6-3-5(1-2-11)4-7(10)8(6)12/h3-4,12H,1H2. The van der Waals surface area contributed by atoms with Crippen molar-refractivity contribution in [3.05, 3.63) is 27.7 Å². The fourth-order valence-electron chi connectivity index (χ4n) is 0.803. The van der Waals surface area contributed by atoms with Crippen LogP contribution in [-0.4, -0.2) is 11.4 Å². The highest BCUT2D eigenvalue weighted by Gasteiger charge is 2.05. The second-order valence-electron chi connectivity index (χ2n) is 2.23. The van der Waals surface area contributed by atoms with Gasteiger partial charge in [0.2, 0.25) is 6.29 Å². The van der Waals surface area contributed by atoms with Crippen LogP contribution >= 0.6 is 23.2 Å².